The second kappa shape index (κ2) is 6.58. The molecule has 17 heavy (non-hydrogen) atoms. The average Bonchev–Trinajstić information content (AvgIpc) is 2.41. The lowest BCUT2D eigenvalue weighted by Gasteiger charge is -2.25. The first kappa shape index (κ1) is 12.3. The number of aryl methyl sites for hydroxylation is 1. The van der Waals surface area contributed by atoms with E-state index < -0.39 is 0 Å². The quantitative estimate of drug-likeness (QED) is 0.789. The first-order valence-electron chi connectivity index (χ1n) is 6.44. The highest BCUT2D eigenvalue weighted by Crippen LogP contribution is 2.07. The summed E-state index contributed by atoms with van der Waals surface area (Å²) in [5.74, 6) is 0. The molecule has 0 atom stereocenters. The van der Waals surface area contributed by atoms with E-state index in [-0.39, 0.29) is 0 Å². The van der Waals surface area contributed by atoms with Crippen LogP contribution in [0.5, 0.6) is 0 Å². The molecule has 1 aliphatic heterocycles. The summed E-state index contributed by atoms with van der Waals surface area (Å²) in [5.41, 5.74) is 2.69. The van der Waals surface area contributed by atoms with Crippen molar-refractivity contribution in [3.05, 3.63) is 41.5 Å². The van der Waals surface area contributed by atoms with E-state index in [0.29, 0.717) is 0 Å². The Morgan fingerprint density at radius 3 is 2.53 bits per heavy atom. The highest BCUT2D eigenvalue weighted by Gasteiger charge is 2.07. The fourth-order valence-electron chi connectivity index (χ4n) is 1.99. The summed E-state index contributed by atoms with van der Waals surface area (Å²) in [7, 11) is 0. The molecule has 1 heterocycles. The molecule has 1 fully saturated rings. The number of rotatable bonds is 4. The van der Waals surface area contributed by atoms with Crippen molar-refractivity contribution in [1.29, 1.82) is 0 Å². The molecular weight excluding hydrogens is 210 g/mol. The zero-order chi connectivity index (χ0) is 11.9. The third kappa shape index (κ3) is 3.99. The highest BCUT2D eigenvalue weighted by molar-refractivity contribution is 5.49. The molecule has 0 aromatic heterocycles. The number of ether oxygens (including phenoxy) is 1. The van der Waals surface area contributed by atoms with Gasteiger partial charge in [-0.25, -0.2) is 0 Å². The summed E-state index contributed by atoms with van der Waals surface area (Å²) in [6, 6.07) is 8.78. The van der Waals surface area contributed by atoms with Crippen LogP contribution in [0.1, 0.15) is 18.1 Å². The van der Waals surface area contributed by atoms with Gasteiger partial charge in [-0.1, -0.05) is 43.3 Å². The smallest absolute Gasteiger partial charge is 0.0594 e. The number of benzene rings is 1. The molecule has 2 heteroatoms. The summed E-state index contributed by atoms with van der Waals surface area (Å²) < 4.78 is 5.32. The van der Waals surface area contributed by atoms with Crippen molar-refractivity contribution in [2.75, 3.05) is 32.8 Å². The van der Waals surface area contributed by atoms with Gasteiger partial charge < -0.3 is 4.74 Å². The molecule has 2 rings (SSSR count). The van der Waals surface area contributed by atoms with Gasteiger partial charge in [0, 0.05) is 19.6 Å². The van der Waals surface area contributed by atoms with Crippen LogP contribution in [0, 0.1) is 0 Å². The molecule has 0 radical (unpaired) electrons. The number of nitrogens with zero attached hydrogens (tertiary/aromatic N) is 1. The zero-order valence-electron chi connectivity index (χ0n) is 10.6. The third-order valence-electron chi connectivity index (χ3n) is 3.17. The maximum absolute atomic E-state index is 5.32. The number of morpholine rings is 1. The minimum Gasteiger partial charge on any atom is -0.379 e. The molecule has 92 valence electrons. The van der Waals surface area contributed by atoms with E-state index in [1.165, 1.54) is 11.1 Å². The lowest BCUT2D eigenvalue weighted by Crippen LogP contribution is -2.36. The van der Waals surface area contributed by atoms with Crippen molar-refractivity contribution < 1.29 is 4.74 Å². The van der Waals surface area contributed by atoms with Crippen LogP contribution in [0.15, 0.2) is 30.3 Å². The maximum atomic E-state index is 5.32. The SMILES string of the molecule is CCc1ccc(/C=C/CN2CCOCC2)cc1. The lowest BCUT2D eigenvalue weighted by atomic mass is 10.1. The van der Waals surface area contributed by atoms with Gasteiger partial charge in [0.25, 0.3) is 0 Å². The molecule has 0 saturated carbocycles. The van der Waals surface area contributed by atoms with Gasteiger partial charge in [-0.3, -0.25) is 4.90 Å². The van der Waals surface area contributed by atoms with Crippen molar-refractivity contribution in [1.82, 2.24) is 4.90 Å². The van der Waals surface area contributed by atoms with Crippen LogP contribution < -0.4 is 0 Å². The van der Waals surface area contributed by atoms with Gasteiger partial charge in [0.15, 0.2) is 0 Å². The van der Waals surface area contributed by atoms with Crippen LogP contribution in [0.25, 0.3) is 6.08 Å². The summed E-state index contributed by atoms with van der Waals surface area (Å²) in [4.78, 5) is 2.42. The minimum absolute atomic E-state index is 0.874. The Hall–Kier alpha value is -1.12. The highest BCUT2D eigenvalue weighted by atomic mass is 16.5. The van der Waals surface area contributed by atoms with Crippen LogP contribution in [-0.4, -0.2) is 37.7 Å². The Kier molecular flexibility index (Phi) is 4.77. The molecule has 0 amide bonds. The maximum Gasteiger partial charge on any atom is 0.0594 e. The van der Waals surface area contributed by atoms with Crippen molar-refractivity contribution in [2.24, 2.45) is 0 Å². The Labute approximate surface area is 104 Å². The molecule has 0 aliphatic carbocycles. The van der Waals surface area contributed by atoms with Crippen molar-refractivity contribution in [3.8, 4) is 0 Å². The van der Waals surface area contributed by atoms with E-state index in [1.54, 1.807) is 0 Å². The zero-order valence-corrected chi connectivity index (χ0v) is 10.6. The molecule has 1 aliphatic rings. The van der Waals surface area contributed by atoms with Gasteiger partial charge in [-0.15, -0.1) is 0 Å². The molecule has 1 saturated heterocycles. The molecule has 0 bridgehead atoms. The van der Waals surface area contributed by atoms with E-state index in [9.17, 15) is 0 Å². The van der Waals surface area contributed by atoms with Gasteiger partial charge in [0.05, 0.1) is 13.2 Å². The van der Waals surface area contributed by atoms with E-state index in [0.717, 1.165) is 39.3 Å². The fraction of sp³-hybridized carbons (Fsp3) is 0.467. The van der Waals surface area contributed by atoms with Crippen LogP contribution in [-0.2, 0) is 11.2 Å². The summed E-state index contributed by atoms with van der Waals surface area (Å²) in [6.45, 7) is 7.07. The molecular formula is C15H21NO. The van der Waals surface area contributed by atoms with Crippen LogP contribution in [0.2, 0.25) is 0 Å². The molecule has 0 unspecified atom stereocenters. The monoisotopic (exact) mass is 231 g/mol. The van der Waals surface area contributed by atoms with E-state index in [4.69, 9.17) is 4.74 Å². The number of hydrogen-bond acceptors (Lipinski definition) is 2. The van der Waals surface area contributed by atoms with Gasteiger partial charge in [-0.2, -0.15) is 0 Å². The fourth-order valence-corrected chi connectivity index (χ4v) is 1.99. The third-order valence-corrected chi connectivity index (χ3v) is 3.17. The normalized spacial score (nSPS) is 17.7. The predicted molar refractivity (Wildman–Crippen MR) is 72.1 cm³/mol. The minimum atomic E-state index is 0.874. The number of hydrogen-bond donors (Lipinski definition) is 0. The first-order valence-corrected chi connectivity index (χ1v) is 6.44. The molecule has 1 aromatic carbocycles. The van der Waals surface area contributed by atoms with Crippen molar-refractivity contribution in [2.45, 2.75) is 13.3 Å². The topological polar surface area (TPSA) is 12.5 Å². The van der Waals surface area contributed by atoms with Gasteiger partial charge in [-0.05, 0) is 17.5 Å². The largest absolute Gasteiger partial charge is 0.379 e. The summed E-state index contributed by atoms with van der Waals surface area (Å²) >= 11 is 0. The van der Waals surface area contributed by atoms with Gasteiger partial charge in [0.2, 0.25) is 0 Å². The molecule has 0 N–H and O–H groups in total. The van der Waals surface area contributed by atoms with E-state index in [1.807, 2.05) is 0 Å². The first-order chi connectivity index (χ1) is 8.38. The lowest BCUT2D eigenvalue weighted by molar-refractivity contribution is 0.0435. The standard InChI is InChI=1S/C15H21NO/c1-2-14-5-7-15(8-6-14)4-3-9-16-10-12-17-13-11-16/h3-8H,2,9-13H2,1H3/b4-3+. The van der Waals surface area contributed by atoms with Gasteiger partial charge >= 0.3 is 0 Å². The average molecular weight is 231 g/mol. The van der Waals surface area contributed by atoms with Crippen LogP contribution in [0.3, 0.4) is 0 Å². The Bertz CT molecular complexity index is 350. The second-order valence-electron chi connectivity index (χ2n) is 4.41. The molecule has 2 nitrogen and oxygen atoms in total. The van der Waals surface area contributed by atoms with Crippen LogP contribution >= 0.6 is 0 Å². The van der Waals surface area contributed by atoms with E-state index in [2.05, 4.69) is 48.2 Å². The van der Waals surface area contributed by atoms with E-state index >= 15 is 0 Å². The van der Waals surface area contributed by atoms with Crippen molar-refractivity contribution in [3.63, 3.8) is 0 Å². The van der Waals surface area contributed by atoms with Gasteiger partial charge in [0.1, 0.15) is 0 Å². The second-order valence-corrected chi connectivity index (χ2v) is 4.41. The predicted octanol–water partition coefficient (Wildman–Crippen LogP) is 2.59. The molecule has 0 spiro atoms. The Balaban J connectivity index is 1.82. The summed E-state index contributed by atoms with van der Waals surface area (Å²) in [5, 5.41) is 0. The van der Waals surface area contributed by atoms with Crippen LogP contribution in [0.4, 0.5) is 0 Å². The van der Waals surface area contributed by atoms with Crippen molar-refractivity contribution >= 4 is 6.08 Å². The summed E-state index contributed by atoms with van der Waals surface area (Å²) in [6.07, 6.45) is 5.55. The Morgan fingerprint density at radius 1 is 1.18 bits per heavy atom. The molecule has 1 aromatic rings. The Morgan fingerprint density at radius 2 is 1.88 bits per heavy atom.